The van der Waals surface area contributed by atoms with Crippen LogP contribution in [0.5, 0.6) is 0 Å². The Hall–Kier alpha value is -2.05. The van der Waals surface area contributed by atoms with E-state index in [2.05, 4.69) is 29.6 Å². The van der Waals surface area contributed by atoms with E-state index >= 15 is 0 Å². The average Bonchev–Trinajstić information content (AvgIpc) is 2.56. The molecule has 0 atom stereocenters. The van der Waals surface area contributed by atoms with Crippen molar-refractivity contribution < 1.29 is 9.72 Å². The van der Waals surface area contributed by atoms with Crippen LogP contribution in [0.1, 0.15) is 21.5 Å². The van der Waals surface area contributed by atoms with E-state index in [1.165, 1.54) is 29.3 Å². The number of hydrogen-bond donors (Lipinski definition) is 1. The van der Waals surface area contributed by atoms with E-state index < -0.39 is 10.8 Å². The number of nitro groups is 1. The Morgan fingerprint density at radius 2 is 1.96 bits per heavy atom. The number of benzene rings is 2. The van der Waals surface area contributed by atoms with Crippen molar-refractivity contribution in [2.75, 3.05) is 12.3 Å². The smallest absolute Gasteiger partial charge is 0.270 e. The predicted octanol–water partition coefficient (Wildman–Crippen LogP) is 4.22. The van der Waals surface area contributed by atoms with Gasteiger partial charge in [-0.2, -0.15) is 11.8 Å². The Labute approximate surface area is 149 Å². The van der Waals surface area contributed by atoms with Gasteiger partial charge in [-0.1, -0.05) is 41.4 Å². The van der Waals surface area contributed by atoms with Gasteiger partial charge in [0.25, 0.3) is 11.6 Å². The molecule has 1 amide bonds. The molecular formula is C17H17ClN2O3S. The summed E-state index contributed by atoms with van der Waals surface area (Å²) in [5, 5.41) is 13.7. The number of hydrogen-bond acceptors (Lipinski definition) is 4. The molecule has 0 spiro atoms. The monoisotopic (exact) mass is 364 g/mol. The zero-order valence-corrected chi connectivity index (χ0v) is 14.7. The Morgan fingerprint density at radius 3 is 2.62 bits per heavy atom. The summed E-state index contributed by atoms with van der Waals surface area (Å²) < 4.78 is 0. The molecule has 0 aromatic heterocycles. The molecule has 0 unspecified atom stereocenters. The SMILES string of the molecule is Cc1ccc(CSCCNC(=O)c2cc([N+](=O)[O-])ccc2Cl)cc1. The van der Waals surface area contributed by atoms with Crippen molar-refractivity contribution in [3.63, 3.8) is 0 Å². The van der Waals surface area contributed by atoms with Crippen LogP contribution >= 0.6 is 23.4 Å². The van der Waals surface area contributed by atoms with Crippen molar-refractivity contribution in [2.24, 2.45) is 0 Å². The number of thioether (sulfide) groups is 1. The van der Waals surface area contributed by atoms with Crippen LogP contribution in [0.4, 0.5) is 5.69 Å². The average molecular weight is 365 g/mol. The number of carbonyl (C=O) groups is 1. The van der Waals surface area contributed by atoms with E-state index in [1.54, 1.807) is 11.8 Å². The molecule has 2 aromatic carbocycles. The second-order valence-corrected chi connectivity index (χ2v) is 6.73. The molecule has 0 saturated carbocycles. The summed E-state index contributed by atoms with van der Waals surface area (Å²) in [6.45, 7) is 2.51. The van der Waals surface area contributed by atoms with Crippen LogP contribution in [0.15, 0.2) is 42.5 Å². The second kappa shape index (κ2) is 8.70. The number of aryl methyl sites for hydroxylation is 1. The number of non-ortho nitro benzene ring substituents is 1. The number of halogens is 1. The van der Waals surface area contributed by atoms with Crippen LogP contribution in [0.3, 0.4) is 0 Å². The highest BCUT2D eigenvalue weighted by Crippen LogP contribution is 2.22. The number of nitrogens with one attached hydrogen (secondary N) is 1. The van der Waals surface area contributed by atoms with Crippen molar-refractivity contribution in [1.29, 1.82) is 0 Å². The maximum Gasteiger partial charge on any atom is 0.270 e. The Morgan fingerprint density at radius 1 is 1.25 bits per heavy atom. The minimum absolute atomic E-state index is 0.120. The maximum atomic E-state index is 12.1. The number of amides is 1. The van der Waals surface area contributed by atoms with Gasteiger partial charge in [0.15, 0.2) is 0 Å². The summed E-state index contributed by atoms with van der Waals surface area (Å²) in [4.78, 5) is 22.3. The molecule has 0 bridgehead atoms. The summed E-state index contributed by atoms with van der Waals surface area (Å²) in [5.74, 6) is 1.21. The fraction of sp³-hybridized carbons (Fsp3) is 0.235. The Kier molecular flexibility index (Phi) is 6.63. The molecule has 0 fully saturated rings. The van der Waals surface area contributed by atoms with Gasteiger partial charge in [-0.25, -0.2) is 0 Å². The van der Waals surface area contributed by atoms with Crippen LogP contribution in [0, 0.1) is 17.0 Å². The van der Waals surface area contributed by atoms with E-state index in [0.29, 0.717) is 6.54 Å². The lowest BCUT2D eigenvalue weighted by atomic mass is 10.2. The van der Waals surface area contributed by atoms with Gasteiger partial charge in [-0.15, -0.1) is 0 Å². The lowest BCUT2D eigenvalue weighted by Gasteiger charge is -2.07. The van der Waals surface area contributed by atoms with E-state index in [9.17, 15) is 14.9 Å². The summed E-state index contributed by atoms with van der Waals surface area (Å²) in [6, 6.07) is 12.1. The normalized spacial score (nSPS) is 10.4. The van der Waals surface area contributed by atoms with Crippen molar-refractivity contribution >= 4 is 35.0 Å². The lowest BCUT2D eigenvalue weighted by molar-refractivity contribution is -0.384. The molecule has 0 aliphatic carbocycles. The third-order valence-corrected chi connectivity index (χ3v) is 4.69. The van der Waals surface area contributed by atoms with Crippen molar-refractivity contribution in [3.8, 4) is 0 Å². The summed E-state index contributed by atoms with van der Waals surface area (Å²) in [6.07, 6.45) is 0. The van der Waals surface area contributed by atoms with E-state index in [-0.39, 0.29) is 16.3 Å². The first-order valence-corrected chi connectivity index (χ1v) is 8.86. The largest absolute Gasteiger partial charge is 0.351 e. The van der Waals surface area contributed by atoms with Gasteiger partial charge in [-0.05, 0) is 18.6 Å². The molecule has 2 aromatic rings. The minimum atomic E-state index is -0.551. The van der Waals surface area contributed by atoms with Gasteiger partial charge in [0.2, 0.25) is 0 Å². The lowest BCUT2D eigenvalue weighted by Crippen LogP contribution is -2.26. The minimum Gasteiger partial charge on any atom is -0.351 e. The Bertz CT molecular complexity index is 735. The molecule has 126 valence electrons. The predicted molar refractivity (Wildman–Crippen MR) is 97.8 cm³/mol. The molecule has 2 rings (SSSR count). The molecule has 0 saturated heterocycles. The topological polar surface area (TPSA) is 72.2 Å². The van der Waals surface area contributed by atoms with Gasteiger partial charge in [0.05, 0.1) is 15.5 Å². The zero-order valence-electron chi connectivity index (χ0n) is 13.1. The van der Waals surface area contributed by atoms with Crippen LogP contribution in [-0.2, 0) is 5.75 Å². The maximum absolute atomic E-state index is 12.1. The van der Waals surface area contributed by atoms with Crippen molar-refractivity contribution in [2.45, 2.75) is 12.7 Å². The highest BCUT2D eigenvalue weighted by Gasteiger charge is 2.15. The molecular weight excluding hydrogens is 348 g/mol. The summed E-state index contributed by atoms with van der Waals surface area (Å²) >= 11 is 7.65. The molecule has 0 heterocycles. The fourth-order valence-corrected chi connectivity index (χ4v) is 3.03. The number of carbonyl (C=O) groups excluding carboxylic acids is 1. The van der Waals surface area contributed by atoms with E-state index in [0.717, 1.165) is 11.5 Å². The first-order valence-electron chi connectivity index (χ1n) is 7.33. The fourth-order valence-electron chi connectivity index (χ4n) is 2.01. The molecule has 5 nitrogen and oxygen atoms in total. The third kappa shape index (κ3) is 5.25. The first kappa shape index (κ1) is 18.3. The van der Waals surface area contributed by atoms with Gasteiger partial charge >= 0.3 is 0 Å². The van der Waals surface area contributed by atoms with E-state index in [4.69, 9.17) is 11.6 Å². The molecule has 0 aliphatic rings. The highest BCUT2D eigenvalue weighted by molar-refractivity contribution is 7.98. The number of rotatable bonds is 7. The first-order chi connectivity index (χ1) is 11.5. The van der Waals surface area contributed by atoms with Gasteiger partial charge < -0.3 is 5.32 Å². The van der Waals surface area contributed by atoms with Crippen LogP contribution < -0.4 is 5.32 Å². The molecule has 7 heteroatoms. The molecule has 24 heavy (non-hydrogen) atoms. The standard InChI is InChI=1S/C17H17ClN2O3S/c1-12-2-4-13(5-3-12)11-24-9-8-19-17(21)15-10-14(20(22)23)6-7-16(15)18/h2-7,10H,8-9,11H2,1H3,(H,19,21). The van der Waals surface area contributed by atoms with Gasteiger partial charge in [-0.3, -0.25) is 14.9 Å². The van der Waals surface area contributed by atoms with Crippen molar-refractivity contribution in [3.05, 3.63) is 74.3 Å². The molecule has 0 radical (unpaired) electrons. The van der Waals surface area contributed by atoms with Gasteiger partial charge in [0, 0.05) is 30.2 Å². The van der Waals surface area contributed by atoms with E-state index in [1.807, 2.05) is 6.92 Å². The van der Waals surface area contributed by atoms with Gasteiger partial charge in [0.1, 0.15) is 0 Å². The van der Waals surface area contributed by atoms with Crippen LogP contribution in [-0.4, -0.2) is 23.1 Å². The van der Waals surface area contributed by atoms with Crippen LogP contribution in [0.2, 0.25) is 5.02 Å². The molecule has 1 N–H and O–H groups in total. The summed E-state index contributed by atoms with van der Waals surface area (Å²) in [5.41, 5.74) is 2.43. The highest BCUT2D eigenvalue weighted by atomic mass is 35.5. The molecule has 0 aliphatic heterocycles. The number of nitro benzene ring substituents is 1. The zero-order chi connectivity index (χ0) is 17.5. The Balaban J connectivity index is 1.80. The quantitative estimate of drug-likeness (QED) is 0.453. The third-order valence-electron chi connectivity index (χ3n) is 3.33. The van der Waals surface area contributed by atoms with Crippen molar-refractivity contribution in [1.82, 2.24) is 5.32 Å². The summed E-state index contributed by atoms with van der Waals surface area (Å²) in [7, 11) is 0. The van der Waals surface area contributed by atoms with Crippen LogP contribution in [0.25, 0.3) is 0 Å². The second-order valence-electron chi connectivity index (χ2n) is 5.22. The number of nitrogens with zero attached hydrogens (tertiary/aromatic N) is 1.